The van der Waals surface area contributed by atoms with E-state index in [-0.39, 0.29) is 60.4 Å². The van der Waals surface area contributed by atoms with Crippen molar-refractivity contribution in [3.63, 3.8) is 0 Å². The summed E-state index contributed by atoms with van der Waals surface area (Å²) in [6, 6.07) is 21.3. The molecule has 0 saturated heterocycles. The van der Waals surface area contributed by atoms with Crippen molar-refractivity contribution in [3.05, 3.63) is 116 Å². The average molecular weight is 631 g/mol. The van der Waals surface area contributed by atoms with Gasteiger partial charge in [-0.15, -0.1) is 0 Å². The highest BCUT2D eigenvalue weighted by atomic mass is 16.6. The Hall–Kier alpha value is -5.86. The van der Waals surface area contributed by atoms with Gasteiger partial charge in [0.25, 0.3) is 11.4 Å². The Labute approximate surface area is 263 Å². The number of nitro benzene ring substituents is 2. The van der Waals surface area contributed by atoms with Gasteiger partial charge in [-0.3, -0.25) is 30.2 Å². The molecule has 14 heteroatoms. The molecule has 2 N–H and O–H groups in total. The molecule has 0 aliphatic heterocycles. The maximum absolute atomic E-state index is 11.0. The Morgan fingerprint density at radius 2 is 0.978 bits per heavy atom. The predicted octanol–water partition coefficient (Wildman–Crippen LogP) is 5.91. The molecule has 46 heavy (non-hydrogen) atoms. The molecule has 238 valence electrons. The molecule has 4 aromatic carbocycles. The lowest BCUT2D eigenvalue weighted by Gasteiger charge is -2.10. The van der Waals surface area contributed by atoms with Crippen LogP contribution in [-0.4, -0.2) is 72.1 Å². The standard InChI is InChI=1S/C32H30N4O10/c37-29-11-9-25(35(39)40)19-23(29)21-33-27-5-1-3-7-31(27)45-17-15-43-13-14-44-16-18-46-32-8-4-2-6-28(32)34-22-24-20-26(36(41)42)10-12-30(24)38/h1-12,19-22,37-38H,13-18H2. The van der Waals surface area contributed by atoms with E-state index in [4.69, 9.17) is 18.9 Å². The molecule has 0 amide bonds. The molecule has 0 spiro atoms. The molecule has 4 aromatic rings. The summed E-state index contributed by atoms with van der Waals surface area (Å²) >= 11 is 0. The van der Waals surface area contributed by atoms with Gasteiger partial charge in [-0.2, -0.15) is 0 Å². The minimum atomic E-state index is -0.550. The van der Waals surface area contributed by atoms with Crippen molar-refractivity contribution in [1.82, 2.24) is 0 Å². The second kappa shape index (κ2) is 16.8. The van der Waals surface area contributed by atoms with E-state index in [1.54, 1.807) is 48.5 Å². The van der Waals surface area contributed by atoms with E-state index < -0.39 is 9.85 Å². The van der Waals surface area contributed by atoms with E-state index >= 15 is 0 Å². The molecule has 0 saturated carbocycles. The smallest absolute Gasteiger partial charge is 0.270 e. The number of nitrogens with zero attached hydrogens (tertiary/aromatic N) is 4. The lowest BCUT2D eigenvalue weighted by molar-refractivity contribution is -0.385. The maximum Gasteiger partial charge on any atom is 0.270 e. The van der Waals surface area contributed by atoms with Gasteiger partial charge in [0.15, 0.2) is 0 Å². The molecule has 0 aliphatic carbocycles. The van der Waals surface area contributed by atoms with Gasteiger partial charge in [-0.05, 0) is 36.4 Å². The molecule has 4 rings (SSSR count). The van der Waals surface area contributed by atoms with Crippen LogP contribution in [0.4, 0.5) is 22.7 Å². The van der Waals surface area contributed by atoms with Gasteiger partial charge < -0.3 is 29.2 Å². The molecule has 0 heterocycles. The Kier molecular flexibility index (Phi) is 12.1. The Balaban J connectivity index is 1.15. The first-order chi connectivity index (χ1) is 22.3. The van der Waals surface area contributed by atoms with Crippen molar-refractivity contribution in [1.29, 1.82) is 0 Å². The zero-order chi connectivity index (χ0) is 32.7. The van der Waals surface area contributed by atoms with Gasteiger partial charge in [-0.25, -0.2) is 0 Å². The number of aliphatic imine (C=N–C) groups is 2. The zero-order valence-corrected chi connectivity index (χ0v) is 24.4. The molecular formula is C32H30N4O10. The minimum Gasteiger partial charge on any atom is -0.507 e. The van der Waals surface area contributed by atoms with E-state index in [2.05, 4.69) is 9.98 Å². The molecule has 0 atom stereocenters. The average Bonchev–Trinajstić information content (AvgIpc) is 3.05. The predicted molar refractivity (Wildman–Crippen MR) is 170 cm³/mol. The Bertz CT molecular complexity index is 1590. The van der Waals surface area contributed by atoms with Crippen molar-refractivity contribution >= 4 is 35.2 Å². The largest absolute Gasteiger partial charge is 0.507 e. The topological polar surface area (TPSA) is 188 Å². The molecule has 0 unspecified atom stereocenters. The van der Waals surface area contributed by atoms with Gasteiger partial charge in [0.05, 0.1) is 36.3 Å². The third-order valence-corrected chi connectivity index (χ3v) is 6.20. The summed E-state index contributed by atoms with van der Waals surface area (Å²) in [7, 11) is 0. The fourth-order valence-electron chi connectivity index (χ4n) is 3.91. The molecule has 0 fully saturated rings. The maximum atomic E-state index is 11.0. The summed E-state index contributed by atoms with van der Waals surface area (Å²) in [5.74, 6) is 0.692. The van der Waals surface area contributed by atoms with Gasteiger partial charge in [0, 0.05) is 47.8 Å². The van der Waals surface area contributed by atoms with Crippen molar-refractivity contribution in [2.75, 3.05) is 39.6 Å². The van der Waals surface area contributed by atoms with Crippen molar-refractivity contribution in [3.8, 4) is 23.0 Å². The van der Waals surface area contributed by atoms with Gasteiger partial charge in [0.1, 0.15) is 47.6 Å². The number of hydrogen-bond acceptors (Lipinski definition) is 12. The number of phenolic OH excluding ortho intramolecular Hbond substituents is 2. The number of para-hydroxylation sites is 4. The van der Waals surface area contributed by atoms with Gasteiger partial charge >= 0.3 is 0 Å². The summed E-state index contributed by atoms with van der Waals surface area (Å²) in [6.07, 6.45) is 2.67. The van der Waals surface area contributed by atoms with Crippen LogP contribution in [0.5, 0.6) is 23.0 Å². The zero-order valence-electron chi connectivity index (χ0n) is 24.4. The number of rotatable bonds is 17. The number of ether oxygens (including phenoxy) is 4. The van der Waals surface area contributed by atoms with E-state index in [0.29, 0.717) is 36.1 Å². The normalized spacial score (nSPS) is 11.2. The van der Waals surface area contributed by atoms with Crippen LogP contribution in [-0.2, 0) is 9.47 Å². The first-order valence-corrected chi connectivity index (χ1v) is 13.9. The fraction of sp³-hybridized carbons (Fsp3) is 0.188. The van der Waals surface area contributed by atoms with Crippen LogP contribution in [0.3, 0.4) is 0 Å². The highest BCUT2D eigenvalue weighted by Gasteiger charge is 2.11. The van der Waals surface area contributed by atoms with Gasteiger partial charge in [-0.1, -0.05) is 24.3 Å². The second-order valence-electron chi connectivity index (χ2n) is 9.37. The monoisotopic (exact) mass is 630 g/mol. The minimum absolute atomic E-state index is 0.133. The van der Waals surface area contributed by atoms with Gasteiger partial charge in [0.2, 0.25) is 0 Å². The number of aromatic hydroxyl groups is 2. The summed E-state index contributed by atoms with van der Waals surface area (Å²) in [5, 5.41) is 42.0. The van der Waals surface area contributed by atoms with Crippen LogP contribution in [0.2, 0.25) is 0 Å². The number of nitro groups is 2. The SMILES string of the molecule is O=[N+]([O-])c1ccc(O)c(C=Nc2ccccc2OCCOCCOCCOc2ccccc2N=Cc2cc([N+](=O)[O-])ccc2O)c1. The third kappa shape index (κ3) is 9.83. The van der Waals surface area contributed by atoms with E-state index in [1.807, 2.05) is 0 Å². The molecule has 14 nitrogen and oxygen atoms in total. The van der Waals surface area contributed by atoms with Crippen LogP contribution in [0, 0.1) is 20.2 Å². The summed E-state index contributed by atoms with van der Waals surface area (Å²) in [6.45, 7) is 1.70. The van der Waals surface area contributed by atoms with Crippen LogP contribution in [0.15, 0.2) is 94.9 Å². The molecule has 0 aromatic heterocycles. The number of non-ortho nitro benzene ring substituents is 2. The van der Waals surface area contributed by atoms with E-state index in [0.717, 1.165) is 0 Å². The van der Waals surface area contributed by atoms with Crippen LogP contribution >= 0.6 is 0 Å². The first-order valence-electron chi connectivity index (χ1n) is 13.9. The van der Waals surface area contributed by atoms with Crippen LogP contribution in [0.1, 0.15) is 11.1 Å². The van der Waals surface area contributed by atoms with Crippen LogP contribution in [0.25, 0.3) is 0 Å². The van der Waals surface area contributed by atoms with Crippen molar-refractivity contribution in [2.24, 2.45) is 9.98 Å². The molecule has 0 aliphatic rings. The number of hydrogen-bond donors (Lipinski definition) is 2. The molecule has 0 radical (unpaired) electrons. The third-order valence-electron chi connectivity index (χ3n) is 6.20. The van der Waals surface area contributed by atoms with E-state index in [9.17, 15) is 30.4 Å². The number of phenols is 2. The summed E-state index contributed by atoms with van der Waals surface area (Å²) in [4.78, 5) is 29.6. The summed E-state index contributed by atoms with van der Waals surface area (Å²) in [5.41, 5.74) is 1.04. The quantitative estimate of drug-likeness (QED) is 0.0614. The lowest BCUT2D eigenvalue weighted by atomic mass is 10.2. The highest BCUT2D eigenvalue weighted by Crippen LogP contribution is 2.29. The Morgan fingerprint density at radius 3 is 1.39 bits per heavy atom. The second-order valence-corrected chi connectivity index (χ2v) is 9.37. The number of benzene rings is 4. The fourth-order valence-corrected chi connectivity index (χ4v) is 3.91. The van der Waals surface area contributed by atoms with E-state index in [1.165, 1.54) is 48.8 Å². The molecule has 0 bridgehead atoms. The summed E-state index contributed by atoms with van der Waals surface area (Å²) < 4.78 is 22.7. The highest BCUT2D eigenvalue weighted by molar-refractivity contribution is 5.87. The first kappa shape index (κ1) is 33.0. The lowest BCUT2D eigenvalue weighted by Crippen LogP contribution is -2.13. The van der Waals surface area contributed by atoms with Crippen molar-refractivity contribution in [2.45, 2.75) is 0 Å². The Morgan fingerprint density at radius 1 is 0.587 bits per heavy atom. The molecular weight excluding hydrogens is 600 g/mol. The van der Waals surface area contributed by atoms with Crippen molar-refractivity contribution < 1.29 is 39.0 Å². The van der Waals surface area contributed by atoms with Crippen LogP contribution < -0.4 is 9.47 Å².